The van der Waals surface area contributed by atoms with E-state index in [9.17, 15) is 4.79 Å². The summed E-state index contributed by atoms with van der Waals surface area (Å²) in [6, 6.07) is 0. The number of carbonyl (C=O) groups is 1. The van der Waals surface area contributed by atoms with E-state index in [0.29, 0.717) is 13.0 Å². The SMILES string of the molecule is CONC(=O)CC1(CN)CCCCC1. The molecular formula is C10H20N2O2. The van der Waals surface area contributed by atoms with Gasteiger partial charge in [-0.2, -0.15) is 0 Å². The van der Waals surface area contributed by atoms with Crippen LogP contribution in [0.3, 0.4) is 0 Å². The van der Waals surface area contributed by atoms with Crippen molar-refractivity contribution < 1.29 is 9.63 Å². The third-order valence-electron chi connectivity index (χ3n) is 3.10. The highest BCUT2D eigenvalue weighted by molar-refractivity contribution is 5.75. The number of amides is 1. The molecule has 82 valence electrons. The van der Waals surface area contributed by atoms with Gasteiger partial charge in [0.2, 0.25) is 5.91 Å². The molecule has 1 aliphatic carbocycles. The summed E-state index contributed by atoms with van der Waals surface area (Å²) in [5, 5.41) is 0. The zero-order chi connectivity index (χ0) is 10.4. The molecule has 3 N–H and O–H groups in total. The van der Waals surface area contributed by atoms with Crippen molar-refractivity contribution in [3.63, 3.8) is 0 Å². The minimum atomic E-state index is -0.0557. The van der Waals surface area contributed by atoms with Crippen LogP contribution in [0.25, 0.3) is 0 Å². The van der Waals surface area contributed by atoms with E-state index < -0.39 is 0 Å². The molecule has 0 heterocycles. The van der Waals surface area contributed by atoms with Crippen molar-refractivity contribution in [1.82, 2.24) is 5.48 Å². The van der Waals surface area contributed by atoms with Crippen LogP contribution in [-0.2, 0) is 9.63 Å². The molecule has 0 radical (unpaired) electrons. The number of nitrogens with one attached hydrogen (secondary N) is 1. The molecule has 0 unspecified atom stereocenters. The summed E-state index contributed by atoms with van der Waals surface area (Å²) in [5.74, 6) is -0.0557. The first-order valence-corrected chi connectivity index (χ1v) is 5.24. The van der Waals surface area contributed by atoms with E-state index in [-0.39, 0.29) is 11.3 Å². The second-order valence-electron chi connectivity index (χ2n) is 4.17. The van der Waals surface area contributed by atoms with Crippen molar-refractivity contribution in [3.05, 3.63) is 0 Å². The van der Waals surface area contributed by atoms with Gasteiger partial charge in [0.25, 0.3) is 0 Å². The van der Waals surface area contributed by atoms with Crippen LogP contribution >= 0.6 is 0 Å². The fraction of sp³-hybridized carbons (Fsp3) is 0.900. The standard InChI is InChI=1S/C10H20N2O2/c1-14-12-9(13)7-10(8-11)5-3-2-4-6-10/h2-8,11H2,1H3,(H,12,13). The highest BCUT2D eigenvalue weighted by Gasteiger charge is 2.32. The van der Waals surface area contributed by atoms with Gasteiger partial charge in [-0.05, 0) is 24.8 Å². The number of hydrogen-bond acceptors (Lipinski definition) is 3. The van der Waals surface area contributed by atoms with E-state index >= 15 is 0 Å². The molecule has 0 aromatic heterocycles. The zero-order valence-electron chi connectivity index (χ0n) is 8.84. The van der Waals surface area contributed by atoms with E-state index in [2.05, 4.69) is 10.3 Å². The second kappa shape index (κ2) is 5.32. The maximum absolute atomic E-state index is 11.4. The van der Waals surface area contributed by atoms with Crippen molar-refractivity contribution in [2.24, 2.45) is 11.1 Å². The van der Waals surface area contributed by atoms with Gasteiger partial charge in [0.05, 0.1) is 7.11 Å². The molecule has 0 bridgehead atoms. The van der Waals surface area contributed by atoms with Crippen molar-refractivity contribution in [1.29, 1.82) is 0 Å². The lowest BCUT2D eigenvalue weighted by Gasteiger charge is -2.35. The van der Waals surface area contributed by atoms with Gasteiger partial charge in [-0.3, -0.25) is 9.63 Å². The Kier molecular flexibility index (Phi) is 4.35. The van der Waals surface area contributed by atoms with Crippen LogP contribution in [0.2, 0.25) is 0 Å². The van der Waals surface area contributed by atoms with Crippen LogP contribution in [0.5, 0.6) is 0 Å². The van der Waals surface area contributed by atoms with Gasteiger partial charge in [-0.15, -0.1) is 0 Å². The number of nitrogens with two attached hydrogens (primary N) is 1. The molecule has 1 aliphatic rings. The van der Waals surface area contributed by atoms with Gasteiger partial charge in [-0.25, -0.2) is 5.48 Å². The summed E-state index contributed by atoms with van der Waals surface area (Å²) in [6.45, 7) is 0.601. The molecule has 1 rings (SSSR count). The molecule has 1 amide bonds. The first kappa shape index (κ1) is 11.5. The smallest absolute Gasteiger partial charge is 0.244 e. The summed E-state index contributed by atoms with van der Waals surface area (Å²) in [6.07, 6.45) is 6.29. The van der Waals surface area contributed by atoms with Crippen molar-refractivity contribution >= 4 is 5.91 Å². The van der Waals surface area contributed by atoms with Gasteiger partial charge in [-0.1, -0.05) is 19.3 Å². The molecule has 0 aliphatic heterocycles. The van der Waals surface area contributed by atoms with Crippen molar-refractivity contribution in [3.8, 4) is 0 Å². The lowest BCUT2D eigenvalue weighted by Crippen LogP contribution is -2.38. The van der Waals surface area contributed by atoms with Crippen molar-refractivity contribution in [2.45, 2.75) is 38.5 Å². The predicted molar refractivity (Wildman–Crippen MR) is 54.3 cm³/mol. The molecule has 0 spiro atoms. The fourth-order valence-electron chi connectivity index (χ4n) is 2.25. The molecule has 1 fully saturated rings. The molecule has 1 saturated carbocycles. The van der Waals surface area contributed by atoms with Crippen LogP contribution in [-0.4, -0.2) is 19.6 Å². The Balaban J connectivity index is 2.47. The Labute approximate surface area is 85.1 Å². The molecular weight excluding hydrogens is 180 g/mol. The quantitative estimate of drug-likeness (QED) is 0.664. The zero-order valence-corrected chi connectivity index (χ0v) is 8.84. The summed E-state index contributed by atoms with van der Waals surface area (Å²) >= 11 is 0. The van der Waals surface area contributed by atoms with Crippen LogP contribution in [0, 0.1) is 5.41 Å². The summed E-state index contributed by atoms with van der Waals surface area (Å²) in [7, 11) is 1.45. The summed E-state index contributed by atoms with van der Waals surface area (Å²) in [5.41, 5.74) is 8.15. The molecule has 0 aromatic rings. The average Bonchev–Trinajstić information content (AvgIpc) is 2.19. The summed E-state index contributed by atoms with van der Waals surface area (Å²) in [4.78, 5) is 16.0. The average molecular weight is 200 g/mol. The third kappa shape index (κ3) is 2.96. The number of hydrogen-bond donors (Lipinski definition) is 2. The third-order valence-corrected chi connectivity index (χ3v) is 3.10. The first-order valence-electron chi connectivity index (χ1n) is 5.24. The maximum Gasteiger partial charge on any atom is 0.244 e. The van der Waals surface area contributed by atoms with Gasteiger partial charge in [0.15, 0.2) is 0 Å². The Hall–Kier alpha value is -0.610. The Morgan fingerprint density at radius 1 is 1.43 bits per heavy atom. The van der Waals surface area contributed by atoms with Crippen molar-refractivity contribution in [2.75, 3.05) is 13.7 Å². The Bertz CT molecular complexity index is 189. The van der Waals surface area contributed by atoms with Crippen LogP contribution in [0.1, 0.15) is 38.5 Å². The minimum absolute atomic E-state index is 0.0286. The highest BCUT2D eigenvalue weighted by atomic mass is 16.6. The van der Waals surface area contributed by atoms with Gasteiger partial charge < -0.3 is 5.73 Å². The molecule has 0 aromatic carbocycles. The molecule has 0 atom stereocenters. The molecule has 14 heavy (non-hydrogen) atoms. The van der Waals surface area contributed by atoms with E-state index in [0.717, 1.165) is 12.8 Å². The molecule has 0 saturated heterocycles. The van der Waals surface area contributed by atoms with E-state index in [1.165, 1.54) is 26.4 Å². The van der Waals surface area contributed by atoms with Crippen LogP contribution in [0.4, 0.5) is 0 Å². The lowest BCUT2D eigenvalue weighted by atomic mass is 9.72. The van der Waals surface area contributed by atoms with Gasteiger partial charge in [0, 0.05) is 6.42 Å². The normalized spacial score (nSPS) is 20.4. The lowest BCUT2D eigenvalue weighted by molar-refractivity contribution is -0.134. The Morgan fingerprint density at radius 3 is 2.57 bits per heavy atom. The molecule has 4 heteroatoms. The summed E-state index contributed by atoms with van der Waals surface area (Å²) < 4.78 is 0. The fourth-order valence-corrected chi connectivity index (χ4v) is 2.25. The van der Waals surface area contributed by atoms with Gasteiger partial charge in [0.1, 0.15) is 0 Å². The largest absolute Gasteiger partial charge is 0.330 e. The van der Waals surface area contributed by atoms with Crippen LogP contribution < -0.4 is 11.2 Å². The minimum Gasteiger partial charge on any atom is -0.330 e. The predicted octanol–water partition coefficient (Wildman–Crippen LogP) is 0.963. The number of hydroxylamine groups is 1. The molecule has 4 nitrogen and oxygen atoms in total. The van der Waals surface area contributed by atoms with E-state index in [4.69, 9.17) is 5.73 Å². The first-order chi connectivity index (χ1) is 6.72. The van der Waals surface area contributed by atoms with E-state index in [1.54, 1.807) is 0 Å². The van der Waals surface area contributed by atoms with Crippen LogP contribution in [0.15, 0.2) is 0 Å². The topological polar surface area (TPSA) is 64.3 Å². The number of rotatable bonds is 4. The highest BCUT2D eigenvalue weighted by Crippen LogP contribution is 2.38. The second-order valence-corrected chi connectivity index (χ2v) is 4.17. The van der Waals surface area contributed by atoms with Gasteiger partial charge >= 0.3 is 0 Å². The van der Waals surface area contributed by atoms with E-state index in [1.807, 2.05) is 0 Å². The Morgan fingerprint density at radius 2 is 2.07 bits per heavy atom. The monoisotopic (exact) mass is 200 g/mol. The number of carbonyl (C=O) groups excluding carboxylic acids is 1. The maximum atomic E-state index is 11.4.